The van der Waals surface area contributed by atoms with Gasteiger partial charge in [-0.05, 0) is 50.2 Å². The van der Waals surface area contributed by atoms with E-state index in [0.29, 0.717) is 0 Å². The lowest BCUT2D eigenvalue weighted by atomic mass is 10.0. The van der Waals surface area contributed by atoms with E-state index < -0.39 is 0 Å². The predicted molar refractivity (Wildman–Crippen MR) is 73.4 cm³/mol. The zero-order chi connectivity index (χ0) is 12.1. The summed E-state index contributed by atoms with van der Waals surface area (Å²) in [6, 6.07) is 8.90. The number of hydrogen-bond acceptors (Lipinski definition) is 2. The number of nitrogens with one attached hydrogen (secondary N) is 1. The van der Waals surface area contributed by atoms with Gasteiger partial charge in [0.2, 0.25) is 0 Å². The Hall–Kier alpha value is -0.570. The van der Waals surface area contributed by atoms with E-state index in [1.54, 1.807) is 0 Å². The molecule has 94 valence electrons. The second-order valence-electron chi connectivity index (χ2n) is 4.74. The molecule has 3 heteroatoms. The van der Waals surface area contributed by atoms with Crippen LogP contribution in [0.3, 0.4) is 0 Å². The SMILES string of the molecule is CCNC1CCN(Cc2cccc(Cl)c2)CC1. The fraction of sp³-hybridized carbons (Fsp3) is 0.571. The van der Waals surface area contributed by atoms with E-state index in [-0.39, 0.29) is 0 Å². The third kappa shape index (κ3) is 3.98. The first-order valence-corrected chi connectivity index (χ1v) is 6.86. The second kappa shape index (κ2) is 6.39. The third-order valence-electron chi connectivity index (χ3n) is 3.38. The van der Waals surface area contributed by atoms with Crippen LogP contribution in [-0.2, 0) is 6.54 Å². The normalized spacial score (nSPS) is 18.5. The summed E-state index contributed by atoms with van der Waals surface area (Å²) in [5, 5.41) is 4.37. The average molecular weight is 253 g/mol. The van der Waals surface area contributed by atoms with Gasteiger partial charge >= 0.3 is 0 Å². The van der Waals surface area contributed by atoms with Gasteiger partial charge in [-0.25, -0.2) is 0 Å². The molecule has 17 heavy (non-hydrogen) atoms. The Balaban J connectivity index is 1.82. The molecule has 0 spiro atoms. The van der Waals surface area contributed by atoms with E-state index in [1.165, 1.54) is 31.5 Å². The molecule has 1 aromatic carbocycles. The Morgan fingerprint density at radius 2 is 2.12 bits per heavy atom. The van der Waals surface area contributed by atoms with Crippen LogP contribution in [0.5, 0.6) is 0 Å². The van der Waals surface area contributed by atoms with Crippen molar-refractivity contribution in [1.82, 2.24) is 10.2 Å². The van der Waals surface area contributed by atoms with Crippen LogP contribution in [0.4, 0.5) is 0 Å². The molecule has 1 N–H and O–H groups in total. The maximum atomic E-state index is 6.00. The molecular weight excluding hydrogens is 232 g/mol. The lowest BCUT2D eigenvalue weighted by Crippen LogP contribution is -2.42. The molecule has 0 atom stereocenters. The van der Waals surface area contributed by atoms with E-state index >= 15 is 0 Å². The second-order valence-corrected chi connectivity index (χ2v) is 5.17. The number of hydrogen-bond donors (Lipinski definition) is 1. The Morgan fingerprint density at radius 3 is 2.76 bits per heavy atom. The van der Waals surface area contributed by atoms with Crippen LogP contribution < -0.4 is 5.32 Å². The summed E-state index contributed by atoms with van der Waals surface area (Å²) in [5.74, 6) is 0. The Bertz CT molecular complexity index is 346. The summed E-state index contributed by atoms with van der Waals surface area (Å²) in [4.78, 5) is 2.51. The number of benzene rings is 1. The molecule has 0 saturated carbocycles. The molecule has 0 aliphatic carbocycles. The first kappa shape index (κ1) is 12.9. The van der Waals surface area contributed by atoms with Gasteiger partial charge in [0.25, 0.3) is 0 Å². The van der Waals surface area contributed by atoms with Gasteiger partial charge < -0.3 is 5.32 Å². The van der Waals surface area contributed by atoms with E-state index in [0.717, 1.165) is 24.2 Å². The topological polar surface area (TPSA) is 15.3 Å². The molecule has 1 aliphatic heterocycles. The van der Waals surface area contributed by atoms with Crippen molar-refractivity contribution in [1.29, 1.82) is 0 Å². The molecule has 0 aromatic heterocycles. The molecule has 0 radical (unpaired) electrons. The molecule has 2 nitrogen and oxygen atoms in total. The van der Waals surface area contributed by atoms with E-state index in [1.807, 2.05) is 12.1 Å². The van der Waals surface area contributed by atoms with Gasteiger partial charge in [-0.1, -0.05) is 30.7 Å². The summed E-state index contributed by atoms with van der Waals surface area (Å²) >= 11 is 6.00. The largest absolute Gasteiger partial charge is 0.314 e. The molecule has 2 rings (SSSR count). The summed E-state index contributed by atoms with van der Waals surface area (Å²) < 4.78 is 0. The van der Waals surface area contributed by atoms with Crippen LogP contribution in [-0.4, -0.2) is 30.6 Å². The smallest absolute Gasteiger partial charge is 0.0409 e. The highest BCUT2D eigenvalue weighted by Crippen LogP contribution is 2.16. The fourth-order valence-electron chi connectivity index (χ4n) is 2.48. The Kier molecular flexibility index (Phi) is 4.84. The van der Waals surface area contributed by atoms with Gasteiger partial charge in [0, 0.05) is 17.6 Å². The maximum absolute atomic E-state index is 6.00. The molecule has 0 amide bonds. The minimum atomic E-state index is 0.718. The average Bonchev–Trinajstić information content (AvgIpc) is 2.32. The highest BCUT2D eigenvalue weighted by molar-refractivity contribution is 6.30. The third-order valence-corrected chi connectivity index (χ3v) is 3.61. The first-order chi connectivity index (χ1) is 8.28. The highest BCUT2D eigenvalue weighted by Gasteiger charge is 2.17. The quantitative estimate of drug-likeness (QED) is 0.887. The number of halogens is 1. The van der Waals surface area contributed by atoms with Crippen molar-refractivity contribution in [2.45, 2.75) is 32.4 Å². The fourth-order valence-corrected chi connectivity index (χ4v) is 2.69. The van der Waals surface area contributed by atoms with E-state index in [2.05, 4.69) is 29.3 Å². The Morgan fingerprint density at radius 1 is 1.35 bits per heavy atom. The predicted octanol–water partition coefficient (Wildman–Crippen LogP) is 2.91. The monoisotopic (exact) mass is 252 g/mol. The zero-order valence-electron chi connectivity index (χ0n) is 10.5. The Labute approximate surface area is 109 Å². The molecule has 0 bridgehead atoms. The number of piperidine rings is 1. The van der Waals surface area contributed by atoms with Gasteiger partial charge in [-0.15, -0.1) is 0 Å². The summed E-state index contributed by atoms with van der Waals surface area (Å²) in [7, 11) is 0. The van der Waals surface area contributed by atoms with Gasteiger partial charge in [-0.3, -0.25) is 4.90 Å². The van der Waals surface area contributed by atoms with Gasteiger partial charge in [0.05, 0.1) is 0 Å². The first-order valence-electron chi connectivity index (χ1n) is 6.48. The highest BCUT2D eigenvalue weighted by atomic mass is 35.5. The van der Waals surface area contributed by atoms with Crippen LogP contribution in [0.2, 0.25) is 5.02 Å². The lowest BCUT2D eigenvalue weighted by molar-refractivity contribution is 0.192. The van der Waals surface area contributed by atoms with Crippen LogP contribution in [0, 0.1) is 0 Å². The van der Waals surface area contributed by atoms with Crippen molar-refractivity contribution < 1.29 is 0 Å². The minimum absolute atomic E-state index is 0.718. The summed E-state index contributed by atoms with van der Waals surface area (Å²) in [6.45, 7) is 6.66. The van der Waals surface area contributed by atoms with Crippen molar-refractivity contribution in [3.8, 4) is 0 Å². The van der Waals surface area contributed by atoms with Crippen LogP contribution >= 0.6 is 11.6 Å². The number of likely N-dealkylation sites (tertiary alicyclic amines) is 1. The molecular formula is C14H21ClN2. The van der Waals surface area contributed by atoms with Crippen LogP contribution in [0.1, 0.15) is 25.3 Å². The van der Waals surface area contributed by atoms with Gasteiger partial charge in [0.15, 0.2) is 0 Å². The van der Waals surface area contributed by atoms with Crippen molar-refractivity contribution in [3.05, 3.63) is 34.9 Å². The van der Waals surface area contributed by atoms with Gasteiger partial charge in [-0.2, -0.15) is 0 Å². The van der Waals surface area contributed by atoms with Crippen LogP contribution in [0.25, 0.3) is 0 Å². The summed E-state index contributed by atoms with van der Waals surface area (Å²) in [5.41, 5.74) is 1.32. The molecule has 1 aliphatic rings. The van der Waals surface area contributed by atoms with E-state index in [4.69, 9.17) is 11.6 Å². The van der Waals surface area contributed by atoms with Crippen molar-refractivity contribution >= 4 is 11.6 Å². The van der Waals surface area contributed by atoms with Crippen molar-refractivity contribution in [3.63, 3.8) is 0 Å². The molecule has 1 saturated heterocycles. The standard InChI is InChI=1S/C14H21ClN2/c1-2-16-14-6-8-17(9-7-14)11-12-4-3-5-13(15)10-12/h3-5,10,14,16H,2,6-9,11H2,1H3. The number of rotatable bonds is 4. The zero-order valence-corrected chi connectivity index (χ0v) is 11.2. The number of nitrogens with zero attached hydrogens (tertiary/aromatic N) is 1. The molecule has 1 aromatic rings. The maximum Gasteiger partial charge on any atom is 0.0409 e. The molecule has 1 heterocycles. The summed E-state index contributed by atoms with van der Waals surface area (Å²) in [6.07, 6.45) is 2.52. The van der Waals surface area contributed by atoms with E-state index in [9.17, 15) is 0 Å². The molecule has 1 fully saturated rings. The van der Waals surface area contributed by atoms with Crippen molar-refractivity contribution in [2.24, 2.45) is 0 Å². The lowest BCUT2D eigenvalue weighted by Gasteiger charge is -2.32. The van der Waals surface area contributed by atoms with Crippen molar-refractivity contribution in [2.75, 3.05) is 19.6 Å². The molecule has 0 unspecified atom stereocenters. The van der Waals surface area contributed by atoms with Gasteiger partial charge in [0.1, 0.15) is 0 Å². The van der Waals surface area contributed by atoms with Crippen LogP contribution in [0.15, 0.2) is 24.3 Å². The minimum Gasteiger partial charge on any atom is -0.314 e.